The average molecular weight is 190 g/mol. The van der Waals surface area contributed by atoms with Gasteiger partial charge < -0.3 is 5.21 Å². The lowest BCUT2D eigenvalue weighted by molar-refractivity contribution is 0.316. The zero-order valence-electron chi connectivity index (χ0n) is 7.75. The maximum Gasteiger partial charge on any atom is 0.113 e. The van der Waals surface area contributed by atoms with Crippen LogP contribution >= 0.6 is 0 Å². The summed E-state index contributed by atoms with van der Waals surface area (Å²) in [6.07, 6.45) is 0. The van der Waals surface area contributed by atoms with Gasteiger partial charge >= 0.3 is 0 Å². The van der Waals surface area contributed by atoms with Crippen molar-refractivity contribution in [2.24, 2.45) is 5.16 Å². The van der Waals surface area contributed by atoms with Crippen LogP contribution in [0.3, 0.4) is 0 Å². The average Bonchev–Trinajstić information content (AvgIpc) is 2.62. The highest BCUT2D eigenvalue weighted by atomic mass is 16.4. The van der Waals surface area contributed by atoms with E-state index in [1.54, 1.807) is 11.6 Å². The van der Waals surface area contributed by atoms with Crippen molar-refractivity contribution in [3.63, 3.8) is 0 Å². The molecule has 0 spiro atoms. The number of rotatable bonds is 2. The minimum absolute atomic E-state index is 0.455. The smallest absolute Gasteiger partial charge is 0.113 e. The number of para-hydroxylation sites is 1. The maximum atomic E-state index is 8.53. The molecule has 0 saturated carbocycles. The van der Waals surface area contributed by atoms with Crippen LogP contribution in [0.2, 0.25) is 0 Å². The van der Waals surface area contributed by atoms with E-state index < -0.39 is 0 Å². The van der Waals surface area contributed by atoms with Crippen molar-refractivity contribution < 1.29 is 5.21 Å². The van der Waals surface area contributed by atoms with E-state index >= 15 is 0 Å². The van der Waals surface area contributed by atoms with Crippen molar-refractivity contribution in [1.82, 2.24) is 15.0 Å². The number of nitrogens with zero attached hydrogens (tertiary/aromatic N) is 4. The highest BCUT2D eigenvalue weighted by molar-refractivity contribution is 5.83. The summed E-state index contributed by atoms with van der Waals surface area (Å²) in [6, 6.07) is 7.66. The number of oxime groups is 1. The van der Waals surface area contributed by atoms with Crippen LogP contribution in [0.4, 0.5) is 0 Å². The van der Waals surface area contributed by atoms with Gasteiger partial charge in [-0.1, -0.05) is 22.5 Å². The van der Waals surface area contributed by atoms with Crippen molar-refractivity contribution in [2.45, 2.75) is 13.5 Å². The molecule has 5 nitrogen and oxygen atoms in total. The third-order valence-corrected chi connectivity index (χ3v) is 1.97. The van der Waals surface area contributed by atoms with Gasteiger partial charge in [0.2, 0.25) is 0 Å². The maximum absolute atomic E-state index is 8.53. The van der Waals surface area contributed by atoms with Crippen molar-refractivity contribution in [3.05, 3.63) is 24.3 Å². The first-order valence-electron chi connectivity index (χ1n) is 4.27. The minimum Gasteiger partial charge on any atom is -0.411 e. The number of hydrogen-bond acceptors (Lipinski definition) is 4. The quantitative estimate of drug-likeness (QED) is 0.440. The standard InChI is InChI=1S/C9H10N4O/c1-7(11-14)6-13-9-5-3-2-4-8(9)10-12-13/h2-5,14H,6H2,1H3. The highest BCUT2D eigenvalue weighted by Gasteiger charge is 2.03. The van der Waals surface area contributed by atoms with Crippen LogP contribution in [0.15, 0.2) is 29.4 Å². The molecule has 0 radical (unpaired) electrons. The van der Waals surface area contributed by atoms with Gasteiger partial charge in [-0.3, -0.25) is 0 Å². The molecule has 5 heteroatoms. The Bertz CT molecular complexity index is 474. The fourth-order valence-electron chi connectivity index (χ4n) is 1.28. The molecule has 1 aromatic heterocycles. The first-order valence-corrected chi connectivity index (χ1v) is 4.27. The van der Waals surface area contributed by atoms with Gasteiger partial charge in [0.1, 0.15) is 5.52 Å². The number of aromatic nitrogens is 3. The fraction of sp³-hybridized carbons (Fsp3) is 0.222. The van der Waals surface area contributed by atoms with Crippen LogP contribution < -0.4 is 0 Å². The normalized spacial score (nSPS) is 12.2. The Kier molecular flexibility index (Phi) is 2.14. The van der Waals surface area contributed by atoms with Crippen LogP contribution in [0, 0.1) is 0 Å². The third-order valence-electron chi connectivity index (χ3n) is 1.97. The van der Waals surface area contributed by atoms with E-state index in [0.29, 0.717) is 12.3 Å². The monoisotopic (exact) mass is 190 g/mol. The molecule has 2 aromatic rings. The molecule has 1 N–H and O–H groups in total. The number of fused-ring (bicyclic) bond motifs is 1. The molecule has 0 aliphatic heterocycles. The molecule has 0 unspecified atom stereocenters. The molecule has 14 heavy (non-hydrogen) atoms. The van der Waals surface area contributed by atoms with Gasteiger partial charge in [-0.15, -0.1) is 5.10 Å². The first kappa shape index (κ1) is 8.68. The van der Waals surface area contributed by atoms with Crippen LogP contribution in [0.5, 0.6) is 0 Å². The summed E-state index contributed by atoms with van der Waals surface area (Å²) in [7, 11) is 0. The van der Waals surface area contributed by atoms with Gasteiger partial charge in [0.05, 0.1) is 17.8 Å². The van der Waals surface area contributed by atoms with E-state index in [0.717, 1.165) is 11.0 Å². The van der Waals surface area contributed by atoms with Gasteiger partial charge in [0, 0.05) is 0 Å². The van der Waals surface area contributed by atoms with Gasteiger partial charge in [-0.05, 0) is 19.1 Å². The summed E-state index contributed by atoms with van der Waals surface area (Å²) in [4.78, 5) is 0. The van der Waals surface area contributed by atoms with Crippen LogP contribution in [0.25, 0.3) is 11.0 Å². The van der Waals surface area contributed by atoms with Crippen LogP contribution in [0.1, 0.15) is 6.92 Å². The molecule has 72 valence electrons. The Hall–Kier alpha value is -1.91. The second kappa shape index (κ2) is 3.45. The summed E-state index contributed by atoms with van der Waals surface area (Å²) in [5.41, 5.74) is 2.38. The molecule has 0 saturated heterocycles. The number of benzene rings is 1. The van der Waals surface area contributed by atoms with Gasteiger partial charge in [0.15, 0.2) is 0 Å². The molecule has 0 aliphatic carbocycles. The van der Waals surface area contributed by atoms with Gasteiger partial charge in [0.25, 0.3) is 0 Å². The molecule has 0 bridgehead atoms. The lowest BCUT2D eigenvalue weighted by atomic mass is 10.3. The highest BCUT2D eigenvalue weighted by Crippen LogP contribution is 2.09. The largest absolute Gasteiger partial charge is 0.411 e. The van der Waals surface area contributed by atoms with Crippen LogP contribution in [-0.4, -0.2) is 25.9 Å². The first-order chi connectivity index (χ1) is 6.81. The van der Waals surface area contributed by atoms with Gasteiger partial charge in [-0.2, -0.15) is 0 Å². The Labute approximate surface area is 80.6 Å². The second-order valence-corrected chi connectivity index (χ2v) is 3.07. The molecule has 2 rings (SSSR count). The topological polar surface area (TPSA) is 63.3 Å². The third kappa shape index (κ3) is 1.44. The number of hydrogen-bond donors (Lipinski definition) is 1. The summed E-state index contributed by atoms with van der Waals surface area (Å²) in [5.74, 6) is 0. The molecule has 0 aliphatic rings. The lowest BCUT2D eigenvalue weighted by Gasteiger charge is -1.98. The summed E-state index contributed by atoms with van der Waals surface area (Å²) in [5, 5.41) is 19.6. The minimum atomic E-state index is 0.455. The molecule has 1 heterocycles. The Morgan fingerprint density at radius 1 is 1.50 bits per heavy atom. The Balaban J connectivity index is 2.43. The van der Waals surface area contributed by atoms with E-state index in [-0.39, 0.29) is 0 Å². The second-order valence-electron chi connectivity index (χ2n) is 3.07. The van der Waals surface area contributed by atoms with Gasteiger partial charge in [-0.25, -0.2) is 4.68 Å². The predicted octanol–water partition coefficient (Wildman–Crippen LogP) is 1.28. The lowest BCUT2D eigenvalue weighted by Crippen LogP contribution is -2.08. The van der Waals surface area contributed by atoms with E-state index in [2.05, 4.69) is 15.5 Å². The SMILES string of the molecule is CC(Cn1nnc2ccccc21)=NO. The molecule has 0 fully saturated rings. The van der Waals surface area contributed by atoms with Crippen molar-refractivity contribution in [3.8, 4) is 0 Å². The van der Waals surface area contributed by atoms with E-state index in [1.807, 2.05) is 24.3 Å². The molecule has 0 amide bonds. The molecular formula is C9H10N4O. The zero-order chi connectivity index (χ0) is 9.97. The van der Waals surface area contributed by atoms with Crippen molar-refractivity contribution in [2.75, 3.05) is 0 Å². The van der Waals surface area contributed by atoms with Crippen LogP contribution in [-0.2, 0) is 6.54 Å². The predicted molar refractivity (Wildman–Crippen MR) is 52.4 cm³/mol. The fourth-order valence-corrected chi connectivity index (χ4v) is 1.28. The molecular weight excluding hydrogens is 180 g/mol. The van der Waals surface area contributed by atoms with E-state index in [4.69, 9.17) is 5.21 Å². The summed E-state index contributed by atoms with van der Waals surface area (Å²) in [6.45, 7) is 2.19. The van der Waals surface area contributed by atoms with Crippen molar-refractivity contribution in [1.29, 1.82) is 0 Å². The van der Waals surface area contributed by atoms with E-state index in [1.165, 1.54) is 0 Å². The Morgan fingerprint density at radius 2 is 2.29 bits per heavy atom. The molecule has 0 atom stereocenters. The zero-order valence-corrected chi connectivity index (χ0v) is 7.75. The van der Waals surface area contributed by atoms with Crippen molar-refractivity contribution >= 4 is 16.7 Å². The molecule has 1 aromatic carbocycles. The summed E-state index contributed by atoms with van der Waals surface area (Å²) >= 11 is 0. The summed E-state index contributed by atoms with van der Waals surface area (Å²) < 4.78 is 1.70. The van der Waals surface area contributed by atoms with E-state index in [9.17, 15) is 0 Å². The Morgan fingerprint density at radius 3 is 3.07 bits per heavy atom.